The van der Waals surface area contributed by atoms with Crippen LogP contribution in [0.1, 0.15) is 37.3 Å². The molecule has 1 aromatic rings. The summed E-state index contributed by atoms with van der Waals surface area (Å²) >= 11 is 0. The normalized spacial score (nSPS) is 19.1. The number of nitrogens with zero attached hydrogens (tertiary/aromatic N) is 3. The first-order valence-electron chi connectivity index (χ1n) is 11.7. The molecule has 0 radical (unpaired) electrons. The van der Waals surface area contributed by atoms with Crippen LogP contribution < -0.4 is 4.90 Å². The highest BCUT2D eigenvalue weighted by Crippen LogP contribution is 2.43. The van der Waals surface area contributed by atoms with Gasteiger partial charge in [-0.15, -0.1) is 0 Å². The second-order valence-corrected chi connectivity index (χ2v) is 9.66. The Labute approximate surface area is 208 Å². The predicted molar refractivity (Wildman–Crippen MR) is 116 cm³/mol. The summed E-state index contributed by atoms with van der Waals surface area (Å²) in [4.78, 5) is 16.3. The van der Waals surface area contributed by atoms with E-state index in [0.717, 1.165) is 11.0 Å². The monoisotopic (exact) mass is 549 g/mol. The highest BCUT2D eigenvalue weighted by atomic mass is 19.4. The van der Waals surface area contributed by atoms with E-state index in [0.29, 0.717) is 44.5 Å². The number of hydrogen-bond donors (Lipinski definition) is 0. The first kappa shape index (κ1) is 29.2. The highest BCUT2D eigenvalue weighted by Gasteiger charge is 2.60. The molecule has 0 bridgehead atoms. The maximum Gasteiger partial charge on any atom is 0.434 e. The van der Waals surface area contributed by atoms with Gasteiger partial charge in [0, 0.05) is 45.5 Å². The number of carbonyl (C=O) groups is 1. The van der Waals surface area contributed by atoms with Crippen molar-refractivity contribution in [1.82, 2.24) is 9.80 Å². The van der Waals surface area contributed by atoms with Gasteiger partial charge < -0.3 is 14.5 Å². The van der Waals surface area contributed by atoms with Crippen LogP contribution in [0.5, 0.6) is 0 Å². The van der Waals surface area contributed by atoms with Gasteiger partial charge in [0.25, 0.3) is 6.10 Å². The molecule has 2 saturated heterocycles. The lowest BCUT2D eigenvalue weighted by molar-refractivity contribution is -0.308. The van der Waals surface area contributed by atoms with E-state index in [9.17, 15) is 44.3 Å². The number of alkyl halides is 9. The molecule has 1 spiro atoms. The number of halogens is 9. The molecule has 3 rings (SSSR count). The Hall–Kier alpha value is -2.38. The van der Waals surface area contributed by atoms with Gasteiger partial charge in [-0.3, -0.25) is 4.90 Å². The van der Waals surface area contributed by atoms with Crippen molar-refractivity contribution in [3.05, 3.63) is 29.3 Å². The molecule has 2 aliphatic heterocycles. The van der Waals surface area contributed by atoms with Crippen LogP contribution in [0.2, 0.25) is 0 Å². The summed E-state index contributed by atoms with van der Waals surface area (Å²) in [5.74, 6) is 0. The van der Waals surface area contributed by atoms with Crippen LogP contribution >= 0.6 is 0 Å². The maximum absolute atomic E-state index is 13.6. The number of likely N-dealkylation sites (tertiary alicyclic amines) is 2. The van der Waals surface area contributed by atoms with E-state index >= 15 is 0 Å². The fraction of sp³-hybridized carbons (Fsp3) is 0.696. The third kappa shape index (κ3) is 6.94. The zero-order chi connectivity index (χ0) is 27.8. The smallest absolute Gasteiger partial charge is 0.426 e. The van der Waals surface area contributed by atoms with Crippen molar-refractivity contribution in [2.45, 2.75) is 57.4 Å². The van der Waals surface area contributed by atoms with Crippen molar-refractivity contribution < 1.29 is 49.0 Å². The molecule has 0 aromatic heterocycles. The molecule has 5 nitrogen and oxygen atoms in total. The number of anilines is 1. The summed E-state index contributed by atoms with van der Waals surface area (Å²) in [5, 5.41) is 0. The molecule has 2 aliphatic rings. The standard InChI is InChI=1S/C23H28F9N3O2/c1-3-33(2)17-5-4-15(12-16(17)21(24,25)26)13-34-9-6-20(14-34)7-10-35(11-8-20)19(36)37-18(22(27,28)29)23(30,31)32/h4-5,12,18H,3,6-11,13-14H2,1-2H3. The summed E-state index contributed by atoms with van der Waals surface area (Å²) in [6.07, 6.45) is -20.7. The van der Waals surface area contributed by atoms with Crippen molar-refractivity contribution in [3.8, 4) is 0 Å². The SMILES string of the molecule is CCN(C)c1ccc(CN2CCC3(CCN(C(=O)OC(C(F)(F)F)C(F)(F)F)CC3)C2)cc1C(F)(F)F. The fourth-order valence-electron chi connectivity index (χ4n) is 4.90. The Morgan fingerprint density at radius 3 is 2.08 bits per heavy atom. The summed E-state index contributed by atoms with van der Waals surface area (Å²) < 4.78 is 121. The zero-order valence-electron chi connectivity index (χ0n) is 20.2. The molecule has 14 heteroatoms. The van der Waals surface area contributed by atoms with E-state index in [4.69, 9.17) is 0 Å². The predicted octanol–water partition coefficient (Wildman–Crippen LogP) is 6.08. The van der Waals surface area contributed by atoms with Gasteiger partial charge in [-0.1, -0.05) is 6.07 Å². The minimum absolute atomic E-state index is 0.0779. The van der Waals surface area contributed by atoms with E-state index in [1.807, 2.05) is 4.90 Å². The molecule has 37 heavy (non-hydrogen) atoms. The third-order valence-corrected chi connectivity index (χ3v) is 7.07. The maximum atomic E-state index is 13.6. The van der Waals surface area contributed by atoms with Crippen LogP contribution in [-0.4, -0.2) is 74.1 Å². The van der Waals surface area contributed by atoms with Crippen LogP contribution in [-0.2, 0) is 17.5 Å². The number of benzene rings is 1. The molecule has 0 saturated carbocycles. The first-order valence-corrected chi connectivity index (χ1v) is 11.7. The molecule has 0 atom stereocenters. The summed E-state index contributed by atoms with van der Waals surface area (Å²) in [6, 6.07) is 4.20. The summed E-state index contributed by atoms with van der Waals surface area (Å²) in [5.41, 5.74) is -0.510. The zero-order valence-corrected chi connectivity index (χ0v) is 20.2. The van der Waals surface area contributed by atoms with Gasteiger partial charge in [-0.2, -0.15) is 39.5 Å². The lowest BCUT2D eigenvalue weighted by Gasteiger charge is -2.39. The number of amides is 1. The van der Waals surface area contributed by atoms with Crippen molar-refractivity contribution >= 4 is 11.8 Å². The van der Waals surface area contributed by atoms with Crippen molar-refractivity contribution in [2.75, 3.05) is 44.7 Å². The Balaban J connectivity index is 1.60. The number of piperidine rings is 1. The molecule has 1 amide bonds. The van der Waals surface area contributed by atoms with Crippen LogP contribution in [0.15, 0.2) is 18.2 Å². The second kappa shape index (κ2) is 10.4. The van der Waals surface area contributed by atoms with Gasteiger partial charge in [0.2, 0.25) is 0 Å². The molecular weight excluding hydrogens is 521 g/mol. The number of hydrogen-bond acceptors (Lipinski definition) is 4. The molecule has 0 aliphatic carbocycles. The topological polar surface area (TPSA) is 36.0 Å². The molecule has 2 heterocycles. The van der Waals surface area contributed by atoms with E-state index in [-0.39, 0.29) is 30.7 Å². The average Bonchev–Trinajstić information content (AvgIpc) is 3.16. The number of ether oxygens (including phenoxy) is 1. The quantitative estimate of drug-likeness (QED) is 0.418. The van der Waals surface area contributed by atoms with E-state index in [1.165, 1.54) is 11.0 Å². The lowest BCUT2D eigenvalue weighted by atomic mass is 9.78. The van der Waals surface area contributed by atoms with Crippen LogP contribution in [0.25, 0.3) is 0 Å². The molecule has 2 fully saturated rings. The van der Waals surface area contributed by atoms with Crippen LogP contribution in [0.4, 0.5) is 50.0 Å². The van der Waals surface area contributed by atoms with Gasteiger partial charge in [0.1, 0.15) is 0 Å². The average molecular weight is 549 g/mol. The van der Waals surface area contributed by atoms with Crippen LogP contribution in [0.3, 0.4) is 0 Å². The van der Waals surface area contributed by atoms with Gasteiger partial charge in [-0.05, 0) is 55.8 Å². The molecule has 0 unspecified atom stereocenters. The van der Waals surface area contributed by atoms with E-state index in [1.54, 1.807) is 20.0 Å². The Morgan fingerprint density at radius 2 is 1.57 bits per heavy atom. The van der Waals surface area contributed by atoms with Crippen LogP contribution in [0, 0.1) is 5.41 Å². The van der Waals surface area contributed by atoms with Gasteiger partial charge in [-0.25, -0.2) is 4.79 Å². The largest absolute Gasteiger partial charge is 0.434 e. The fourth-order valence-corrected chi connectivity index (χ4v) is 4.90. The Bertz CT molecular complexity index is 940. The second-order valence-electron chi connectivity index (χ2n) is 9.66. The molecule has 210 valence electrons. The Morgan fingerprint density at radius 1 is 1.00 bits per heavy atom. The van der Waals surface area contributed by atoms with Gasteiger partial charge in [0.15, 0.2) is 0 Å². The number of carbonyl (C=O) groups excluding carboxylic acids is 1. The highest BCUT2D eigenvalue weighted by molar-refractivity contribution is 5.68. The summed E-state index contributed by atoms with van der Waals surface area (Å²) in [7, 11) is 1.57. The number of rotatable bonds is 5. The molecule has 1 aromatic carbocycles. The van der Waals surface area contributed by atoms with Crippen molar-refractivity contribution in [1.29, 1.82) is 0 Å². The van der Waals surface area contributed by atoms with Gasteiger partial charge >= 0.3 is 24.6 Å². The Kier molecular flexibility index (Phi) is 8.21. The third-order valence-electron chi connectivity index (χ3n) is 7.07. The van der Waals surface area contributed by atoms with Crippen molar-refractivity contribution in [3.63, 3.8) is 0 Å². The lowest BCUT2D eigenvalue weighted by Crippen LogP contribution is -2.50. The minimum Gasteiger partial charge on any atom is -0.426 e. The molecular formula is C23H28F9N3O2. The molecule has 0 N–H and O–H groups in total. The van der Waals surface area contributed by atoms with Crippen molar-refractivity contribution in [2.24, 2.45) is 5.41 Å². The van der Waals surface area contributed by atoms with Gasteiger partial charge in [0.05, 0.1) is 5.56 Å². The first-order chi connectivity index (χ1) is 16.9. The minimum atomic E-state index is -5.78. The van der Waals surface area contributed by atoms with E-state index < -0.39 is 36.3 Å². The van der Waals surface area contributed by atoms with E-state index in [2.05, 4.69) is 4.74 Å². The summed E-state index contributed by atoms with van der Waals surface area (Å²) in [6.45, 7) is 3.29.